The first-order chi connectivity index (χ1) is 12.7. The highest BCUT2D eigenvalue weighted by molar-refractivity contribution is 7.12. The molecule has 132 valence electrons. The van der Waals surface area contributed by atoms with Crippen LogP contribution in [0.15, 0.2) is 72.1 Å². The van der Waals surface area contributed by atoms with Crippen molar-refractivity contribution >= 4 is 40.2 Å². The van der Waals surface area contributed by atoms with Gasteiger partial charge in [0, 0.05) is 30.0 Å². The molecule has 0 atom stereocenters. The standard InChI is InChI=1S/C20H19N3O2S/c24-19(12-13-21-20(25)18-7-4-14-26-18)23-17-10-8-16(9-11-17)22-15-5-2-1-3-6-15/h1-11,14,22H,12-13H2,(H,21,25)(H,23,24). The highest BCUT2D eigenvalue weighted by Crippen LogP contribution is 2.18. The van der Waals surface area contributed by atoms with Crippen molar-refractivity contribution in [3.63, 3.8) is 0 Å². The number of anilines is 3. The topological polar surface area (TPSA) is 70.2 Å². The van der Waals surface area contributed by atoms with Crippen LogP contribution in [0.1, 0.15) is 16.1 Å². The molecule has 1 heterocycles. The van der Waals surface area contributed by atoms with Crippen molar-refractivity contribution < 1.29 is 9.59 Å². The van der Waals surface area contributed by atoms with E-state index in [-0.39, 0.29) is 18.2 Å². The Balaban J connectivity index is 1.43. The summed E-state index contributed by atoms with van der Waals surface area (Å²) < 4.78 is 0. The number of benzene rings is 2. The Labute approximate surface area is 156 Å². The van der Waals surface area contributed by atoms with Crippen molar-refractivity contribution in [2.24, 2.45) is 0 Å². The summed E-state index contributed by atoms with van der Waals surface area (Å²) in [6, 6.07) is 20.9. The van der Waals surface area contributed by atoms with Crippen molar-refractivity contribution in [2.75, 3.05) is 17.2 Å². The predicted octanol–water partition coefficient (Wildman–Crippen LogP) is 4.25. The van der Waals surface area contributed by atoms with E-state index in [9.17, 15) is 9.59 Å². The number of para-hydroxylation sites is 1. The third kappa shape index (κ3) is 5.19. The van der Waals surface area contributed by atoms with Crippen LogP contribution in [0.3, 0.4) is 0 Å². The highest BCUT2D eigenvalue weighted by atomic mass is 32.1. The summed E-state index contributed by atoms with van der Waals surface area (Å²) in [6.07, 6.45) is 0.223. The second-order valence-electron chi connectivity index (χ2n) is 5.60. The molecule has 26 heavy (non-hydrogen) atoms. The summed E-state index contributed by atoms with van der Waals surface area (Å²) >= 11 is 1.38. The highest BCUT2D eigenvalue weighted by Gasteiger charge is 2.07. The molecule has 1 aromatic heterocycles. The summed E-state index contributed by atoms with van der Waals surface area (Å²) in [6.45, 7) is 0.302. The minimum Gasteiger partial charge on any atom is -0.356 e. The summed E-state index contributed by atoms with van der Waals surface area (Å²) in [5.74, 6) is -0.288. The van der Waals surface area contributed by atoms with Crippen LogP contribution < -0.4 is 16.0 Å². The fourth-order valence-corrected chi connectivity index (χ4v) is 2.97. The molecule has 6 heteroatoms. The van der Waals surface area contributed by atoms with Gasteiger partial charge in [-0.15, -0.1) is 11.3 Å². The Kier molecular flexibility index (Phi) is 6.01. The number of nitrogens with one attached hydrogen (secondary N) is 3. The molecule has 3 aromatic rings. The van der Waals surface area contributed by atoms with Gasteiger partial charge in [0.05, 0.1) is 4.88 Å². The van der Waals surface area contributed by atoms with Crippen molar-refractivity contribution in [2.45, 2.75) is 6.42 Å². The van der Waals surface area contributed by atoms with Gasteiger partial charge in [0.1, 0.15) is 0 Å². The van der Waals surface area contributed by atoms with Gasteiger partial charge in [0.15, 0.2) is 0 Å². The van der Waals surface area contributed by atoms with E-state index in [2.05, 4.69) is 16.0 Å². The smallest absolute Gasteiger partial charge is 0.261 e. The van der Waals surface area contributed by atoms with Crippen LogP contribution in [0.5, 0.6) is 0 Å². The van der Waals surface area contributed by atoms with Gasteiger partial charge in [0.25, 0.3) is 5.91 Å². The van der Waals surface area contributed by atoms with E-state index in [4.69, 9.17) is 0 Å². The zero-order valence-corrected chi connectivity index (χ0v) is 14.9. The molecular formula is C20H19N3O2S. The van der Waals surface area contributed by atoms with Crippen LogP contribution in [-0.4, -0.2) is 18.4 Å². The van der Waals surface area contributed by atoms with Gasteiger partial charge in [-0.1, -0.05) is 24.3 Å². The zero-order chi connectivity index (χ0) is 18.2. The molecule has 3 rings (SSSR count). The van der Waals surface area contributed by atoms with Gasteiger partial charge in [-0.25, -0.2) is 0 Å². The van der Waals surface area contributed by atoms with E-state index in [1.165, 1.54) is 11.3 Å². The first-order valence-electron chi connectivity index (χ1n) is 8.24. The van der Waals surface area contributed by atoms with Crippen LogP contribution in [0.4, 0.5) is 17.1 Å². The second-order valence-corrected chi connectivity index (χ2v) is 6.55. The predicted molar refractivity (Wildman–Crippen MR) is 106 cm³/mol. The molecule has 0 aliphatic carbocycles. The third-order valence-corrected chi connectivity index (χ3v) is 4.48. The minimum absolute atomic E-state index is 0.139. The van der Waals surface area contributed by atoms with E-state index in [1.54, 1.807) is 6.07 Å². The lowest BCUT2D eigenvalue weighted by atomic mass is 10.2. The summed E-state index contributed by atoms with van der Waals surface area (Å²) in [4.78, 5) is 24.4. The van der Waals surface area contributed by atoms with Gasteiger partial charge in [-0.2, -0.15) is 0 Å². The lowest BCUT2D eigenvalue weighted by Crippen LogP contribution is -2.27. The van der Waals surface area contributed by atoms with Gasteiger partial charge < -0.3 is 16.0 Å². The third-order valence-electron chi connectivity index (χ3n) is 3.61. The molecule has 2 amide bonds. The molecule has 2 aromatic carbocycles. The average molecular weight is 365 g/mol. The number of hydrogen-bond donors (Lipinski definition) is 3. The van der Waals surface area contributed by atoms with Crippen LogP contribution in [0.25, 0.3) is 0 Å². The van der Waals surface area contributed by atoms with Crippen molar-refractivity contribution in [1.29, 1.82) is 0 Å². The molecule has 5 nitrogen and oxygen atoms in total. The molecular weight excluding hydrogens is 346 g/mol. The second kappa shape index (κ2) is 8.82. The SMILES string of the molecule is O=C(CCNC(=O)c1cccs1)Nc1ccc(Nc2ccccc2)cc1. The molecule has 0 saturated carbocycles. The number of carbonyl (C=O) groups excluding carboxylic acids is 2. The summed E-state index contributed by atoms with van der Waals surface area (Å²) in [7, 11) is 0. The van der Waals surface area contributed by atoms with E-state index in [0.717, 1.165) is 17.1 Å². The Bertz CT molecular complexity index is 847. The van der Waals surface area contributed by atoms with Crippen molar-refractivity contribution in [1.82, 2.24) is 5.32 Å². The van der Waals surface area contributed by atoms with Crippen molar-refractivity contribution in [3.8, 4) is 0 Å². The van der Waals surface area contributed by atoms with Crippen LogP contribution in [-0.2, 0) is 4.79 Å². The van der Waals surface area contributed by atoms with E-state index >= 15 is 0 Å². The van der Waals surface area contributed by atoms with E-state index < -0.39 is 0 Å². The summed E-state index contributed by atoms with van der Waals surface area (Å²) in [5.41, 5.74) is 2.67. The van der Waals surface area contributed by atoms with Crippen LogP contribution >= 0.6 is 11.3 Å². The molecule has 0 unspecified atom stereocenters. The first kappa shape index (κ1) is 17.7. The number of carbonyl (C=O) groups is 2. The molecule has 0 fully saturated rings. The Morgan fingerprint density at radius 3 is 2.19 bits per heavy atom. The van der Waals surface area contributed by atoms with Gasteiger partial charge in [-0.05, 0) is 47.8 Å². The molecule has 0 aliphatic rings. The molecule has 0 spiro atoms. The maximum Gasteiger partial charge on any atom is 0.261 e. The Morgan fingerprint density at radius 1 is 0.808 bits per heavy atom. The van der Waals surface area contributed by atoms with Gasteiger partial charge in [-0.3, -0.25) is 9.59 Å². The number of amides is 2. The summed E-state index contributed by atoms with van der Waals surface area (Å²) in [5, 5.41) is 10.7. The number of thiophene rings is 1. The quantitative estimate of drug-likeness (QED) is 0.586. The average Bonchev–Trinajstić information content (AvgIpc) is 3.19. The molecule has 0 saturated heterocycles. The monoisotopic (exact) mass is 365 g/mol. The lowest BCUT2D eigenvalue weighted by Gasteiger charge is -2.09. The molecule has 0 radical (unpaired) electrons. The lowest BCUT2D eigenvalue weighted by molar-refractivity contribution is -0.116. The minimum atomic E-state index is -0.149. The zero-order valence-electron chi connectivity index (χ0n) is 14.1. The number of rotatable bonds is 7. The van der Waals surface area contributed by atoms with Crippen LogP contribution in [0.2, 0.25) is 0 Å². The molecule has 0 aliphatic heterocycles. The fourth-order valence-electron chi connectivity index (χ4n) is 2.33. The van der Waals surface area contributed by atoms with Gasteiger partial charge >= 0.3 is 0 Å². The normalized spacial score (nSPS) is 10.2. The maximum absolute atomic E-state index is 12.0. The van der Waals surface area contributed by atoms with Crippen LogP contribution in [0, 0.1) is 0 Å². The van der Waals surface area contributed by atoms with E-state index in [0.29, 0.717) is 11.4 Å². The Morgan fingerprint density at radius 2 is 1.50 bits per heavy atom. The molecule has 0 bridgehead atoms. The van der Waals surface area contributed by atoms with Gasteiger partial charge in [0.2, 0.25) is 5.91 Å². The van der Waals surface area contributed by atoms with Crippen molar-refractivity contribution in [3.05, 3.63) is 77.0 Å². The molecule has 3 N–H and O–H groups in total. The Hall–Kier alpha value is -3.12. The largest absolute Gasteiger partial charge is 0.356 e. The van der Waals surface area contributed by atoms with E-state index in [1.807, 2.05) is 66.0 Å². The fraction of sp³-hybridized carbons (Fsp3) is 0.100. The maximum atomic E-state index is 12.0. The first-order valence-corrected chi connectivity index (χ1v) is 9.12. The number of hydrogen-bond acceptors (Lipinski definition) is 4.